The van der Waals surface area contributed by atoms with Crippen molar-refractivity contribution in [3.05, 3.63) is 38.9 Å². The zero-order valence-corrected chi connectivity index (χ0v) is 10.0. The van der Waals surface area contributed by atoms with Gasteiger partial charge in [-0.2, -0.15) is 0 Å². The van der Waals surface area contributed by atoms with Crippen LogP contribution in [-0.2, 0) is 0 Å². The Morgan fingerprint density at radius 2 is 2.07 bits per heavy atom. The largest absolute Gasteiger partial charge is 0.266 e. The third-order valence-electron chi connectivity index (χ3n) is 2.19. The molecule has 0 fully saturated rings. The van der Waals surface area contributed by atoms with Gasteiger partial charge in [0.05, 0.1) is 9.75 Å². The number of rotatable bonds is 1. The Bertz CT molecular complexity index is 302. The number of hydrogen-bond acceptors (Lipinski definition) is 2. The van der Waals surface area contributed by atoms with Crippen LogP contribution in [0.25, 0.3) is 0 Å². The Morgan fingerprint density at radius 3 is 2.43 bits per heavy atom. The van der Waals surface area contributed by atoms with Gasteiger partial charge in [0, 0.05) is 18.1 Å². The highest BCUT2D eigenvalue weighted by Gasteiger charge is 2.32. The number of halogens is 1. The van der Waals surface area contributed by atoms with Crippen LogP contribution in [0.4, 0.5) is 0 Å². The Kier molecular flexibility index (Phi) is 3.14. The highest BCUT2D eigenvalue weighted by atomic mass is 79.9. The summed E-state index contributed by atoms with van der Waals surface area (Å²) in [5.74, 6) is 0.214. The van der Waals surface area contributed by atoms with Crippen LogP contribution in [-0.4, -0.2) is 4.92 Å². The van der Waals surface area contributed by atoms with Gasteiger partial charge in [-0.1, -0.05) is 42.8 Å². The van der Waals surface area contributed by atoms with Gasteiger partial charge >= 0.3 is 0 Å². The molecule has 0 N–H and O–H groups in total. The van der Waals surface area contributed by atoms with Crippen LogP contribution in [0.2, 0.25) is 0 Å². The maximum atomic E-state index is 10.5. The van der Waals surface area contributed by atoms with E-state index in [4.69, 9.17) is 0 Å². The molecule has 0 saturated heterocycles. The number of allylic oxidation sites excluding steroid dienone is 3. The summed E-state index contributed by atoms with van der Waals surface area (Å²) in [4.78, 5) is 11.0. The summed E-state index contributed by atoms with van der Waals surface area (Å²) in [6.07, 6.45) is 5.03. The molecule has 0 bridgehead atoms. The quantitative estimate of drug-likeness (QED) is 0.535. The summed E-state index contributed by atoms with van der Waals surface area (Å²) in [5, 5.41) is 10.5. The van der Waals surface area contributed by atoms with Gasteiger partial charge in [-0.05, 0) is 5.41 Å². The second kappa shape index (κ2) is 3.85. The molecule has 77 valence electrons. The molecular formula is C10H13BrNO2. The van der Waals surface area contributed by atoms with Crippen molar-refractivity contribution in [3.8, 4) is 0 Å². The number of hydrogen-bond donors (Lipinski definition) is 0. The average molecular weight is 259 g/mol. The van der Waals surface area contributed by atoms with Crippen LogP contribution in [0.15, 0.2) is 23.9 Å². The van der Waals surface area contributed by atoms with E-state index < -0.39 is 0 Å². The predicted octanol–water partition coefficient (Wildman–Crippen LogP) is 3.31. The van der Waals surface area contributed by atoms with E-state index >= 15 is 0 Å². The highest BCUT2D eigenvalue weighted by molar-refractivity contribution is 9.11. The zero-order valence-electron chi connectivity index (χ0n) is 8.45. The molecule has 1 unspecified atom stereocenters. The summed E-state index contributed by atoms with van der Waals surface area (Å²) in [7, 11) is 0. The second-order valence-electron chi connectivity index (χ2n) is 4.41. The fraction of sp³-hybridized carbons (Fsp3) is 0.500. The van der Waals surface area contributed by atoms with Crippen molar-refractivity contribution in [2.45, 2.75) is 20.8 Å². The Morgan fingerprint density at radius 1 is 1.50 bits per heavy atom. The summed E-state index contributed by atoms with van der Waals surface area (Å²) < 4.78 is 0. The number of nitro groups is 1. The Hall–Kier alpha value is -0.640. The SMILES string of the molecule is CC(C)(C)C1C=CC([N+](=O)[O-])=C[C]1Br. The standard InChI is InChI=1S/C10H13BrNO2/c1-10(2,3)8-5-4-7(12(13)14)6-9(8)11/h4-6,8H,1-3H3. The summed E-state index contributed by atoms with van der Waals surface area (Å²) in [5.41, 5.74) is 0.214. The number of nitrogens with zero attached hydrogens (tertiary/aromatic N) is 1. The molecule has 0 aliphatic heterocycles. The van der Waals surface area contributed by atoms with E-state index in [0.717, 1.165) is 4.83 Å². The first-order valence-corrected chi connectivity index (χ1v) is 5.18. The van der Waals surface area contributed by atoms with E-state index in [-0.39, 0.29) is 22.0 Å². The molecule has 0 aromatic rings. The van der Waals surface area contributed by atoms with Gasteiger partial charge in [-0.25, -0.2) is 0 Å². The first-order valence-electron chi connectivity index (χ1n) is 4.39. The molecule has 0 aromatic heterocycles. The van der Waals surface area contributed by atoms with Crippen LogP contribution >= 0.6 is 15.9 Å². The fourth-order valence-corrected chi connectivity index (χ4v) is 2.46. The molecule has 0 aromatic carbocycles. The first-order chi connectivity index (χ1) is 6.32. The third-order valence-corrected chi connectivity index (χ3v) is 2.91. The van der Waals surface area contributed by atoms with Gasteiger partial charge in [-0.15, -0.1) is 0 Å². The molecule has 1 atom stereocenters. The van der Waals surface area contributed by atoms with E-state index in [9.17, 15) is 10.1 Å². The van der Waals surface area contributed by atoms with E-state index in [1.165, 1.54) is 0 Å². The lowest BCUT2D eigenvalue weighted by Gasteiger charge is -2.31. The monoisotopic (exact) mass is 258 g/mol. The molecule has 0 spiro atoms. The maximum absolute atomic E-state index is 10.5. The lowest BCUT2D eigenvalue weighted by atomic mass is 9.77. The summed E-state index contributed by atoms with van der Waals surface area (Å²) >= 11 is 3.38. The van der Waals surface area contributed by atoms with Gasteiger partial charge < -0.3 is 0 Å². The molecule has 0 heterocycles. The Balaban J connectivity index is 2.87. The van der Waals surface area contributed by atoms with Crippen molar-refractivity contribution in [1.29, 1.82) is 0 Å². The molecule has 1 radical (unpaired) electrons. The fourth-order valence-electron chi connectivity index (χ4n) is 1.38. The average Bonchev–Trinajstić information content (AvgIpc) is 2.01. The van der Waals surface area contributed by atoms with Gasteiger partial charge in [0.2, 0.25) is 0 Å². The van der Waals surface area contributed by atoms with Crippen molar-refractivity contribution >= 4 is 15.9 Å². The van der Waals surface area contributed by atoms with E-state index in [2.05, 4.69) is 36.7 Å². The predicted molar refractivity (Wildman–Crippen MR) is 59.3 cm³/mol. The lowest BCUT2D eigenvalue weighted by Crippen LogP contribution is -2.24. The van der Waals surface area contributed by atoms with Crippen LogP contribution < -0.4 is 0 Å². The van der Waals surface area contributed by atoms with E-state index in [1.54, 1.807) is 12.2 Å². The molecule has 14 heavy (non-hydrogen) atoms. The summed E-state index contributed by atoms with van der Waals surface area (Å²) in [6, 6.07) is 0. The highest BCUT2D eigenvalue weighted by Crippen LogP contribution is 2.41. The molecule has 3 nitrogen and oxygen atoms in total. The summed E-state index contributed by atoms with van der Waals surface area (Å²) in [6.45, 7) is 6.32. The minimum absolute atomic E-state index is 0.0773. The van der Waals surface area contributed by atoms with Crippen molar-refractivity contribution in [3.63, 3.8) is 0 Å². The minimum Gasteiger partial charge on any atom is -0.258 e. The van der Waals surface area contributed by atoms with Crippen LogP contribution in [0, 0.1) is 26.3 Å². The third kappa shape index (κ3) is 2.44. The zero-order chi connectivity index (χ0) is 10.9. The molecule has 1 aliphatic rings. The van der Waals surface area contributed by atoms with Gasteiger partial charge in [-0.3, -0.25) is 10.1 Å². The Labute approximate surface area is 92.2 Å². The molecule has 0 saturated carbocycles. The van der Waals surface area contributed by atoms with Crippen LogP contribution in [0.3, 0.4) is 0 Å². The van der Waals surface area contributed by atoms with Crippen molar-refractivity contribution in [2.75, 3.05) is 0 Å². The lowest BCUT2D eigenvalue weighted by molar-refractivity contribution is -0.419. The smallest absolute Gasteiger partial charge is 0.258 e. The molecule has 1 rings (SSSR count). The normalized spacial score (nSPS) is 23.4. The van der Waals surface area contributed by atoms with Crippen molar-refractivity contribution < 1.29 is 4.92 Å². The maximum Gasteiger partial charge on any atom is 0.266 e. The van der Waals surface area contributed by atoms with Gasteiger partial charge in [0.15, 0.2) is 0 Å². The van der Waals surface area contributed by atoms with Gasteiger partial charge in [0.1, 0.15) is 0 Å². The van der Waals surface area contributed by atoms with Crippen molar-refractivity contribution in [1.82, 2.24) is 0 Å². The molecule has 4 heteroatoms. The van der Waals surface area contributed by atoms with Crippen LogP contribution in [0.5, 0.6) is 0 Å². The van der Waals surface area contributed by atoms with E-state index in [1.807, 2.05) is 6.08 Å². The molecule has 0 amide bonds. The topological polar surface area (TPSA) is 43.1 Å². The van der Waals surface area contributed by atoms with Crippen molar-refractivity contribution in [2.24, 2.45) is 11.3 Å². The molecule has 1 aliphatic carbocycles. The van der Waals surface area contributed by atoms with E-state index in [0.29, 0.717) is 0 Å². The molecular weight excluding hydrogens is 246 g/mol. The second-order valence-corrected chi connectivity index (χ2v) is 5.33. The van der Waals surface area contributed by atoms with Gasteiger partial charge in [0.25, 0.3) is 5.70 Å². The first kappa shape index (κ1) is 11.4. The minimum atomic E-state index is -0.378. The van der Waals surface area contributed by atoms with Crippen LogP contribution in [0.1, 0.15) is 20.8 Å².